The number of benzene rings is 3. The molecule has 1 atom stereocenters. The summed E-state index contributed by atoms with van der Waals surface area (Å²) in [4.78, 5) is 20.6. The zero-order valence-corrected chi connectivity index (χ0v) is 21.4. The molecule has 1 aliphatic rings. The summed E-state index contributed by atoms with van der Waals surface area (Å²) in [6.45, 7) is 3.46. The van der Waals surface area contributed by atoms with Gasteiger partial charge in [-0.25, -0.2) is 4.98 Å². The molecule has 0 aliphatic heterocycles. The van der Waals surface area contributed by atoms with Crippen molar-refractivity contribution in [2.24, 2.45) is 0 Å². The van der Waals surface area contributed by atoms with Crippen LogP contribution in [0.5, 0.6) is 5.75 Å². The molecule has 5 nitrogen and oxygen atoms in total. The molecule has 6 rings (SSSR count). The molecule has 6 heteroatoms. The molecule has 0 amide bonds. The lowest BCUT2D eigenvalue weighted by Crippen LogP contribution is -2.34. The molecule has 182 valence electrons. The van der Waals surface area contributed by atoms with Gasteiger partial charge in [0, 0.05) is 23.0 Å². The zero-order valence-electron chi connectivity index (χ0n) is 20.6. The lowest BCUT2D eigenvalue weighted by molar-refractivity contribution is 0.409. The van der Waals surface area contributed by atoms with Gasteiger partial charge in [0.1, 0.15) is 10.6 Å². The maximum atomic E-state index is 13.7. The van der Waals surface area contributed by atoms with Crippen molar-refractivity contribution in [1.82, 2.24) is 14.9 Å². The van der Waals surface area contributed by atoms with E-state index in [2.05, 4.69) is 54.7 Å². The number of methoxy groups -OCH3 is 1. The van der Waals surface area contributed by atoms with E-state index in [1.54, 1.807) is 29.3 Å². The Bertz CT molecular complexity index is 1640. The van der Waals surface area contributed by atoms with Gasteiger partial charge in [0.05, 0.1) is 25.4 Å². The summed E-state index contributed by atoms with van der Waals surface area (Å²) >= 11 is 1.68. The van der Waals surface area contributed by atoms with E-state index >= 15 is 0 Å². The Morgan fingerprint density at radius 1 is 1.11 bits per heavy atom. The fourth-order valence-electron chi connectivity index (χ4n) is 5.39. The van der Waals surface area contributed by atoms with E-state index in [1.807, 2.05) is 18.2 Å². The highest BCUT2D eigenvalue weighted by Gasteiger charge is 2.25. The highest BCUT2D eigenvalue weighted by molar-refractivity contribution is 7.18. The summed E-state index contributed by atoms with van der Waals surface area (Å²) in [6.07, 6.45) is 4.57. The lowest BCUT2D eigenvalue weighted by atomic mass is 9.93. The molecular formula is C30H29N3O2S. The number of hydrogen-bond donors (Lipinski definition) is 1. The topological polar surface area (TPSA) is 56.2 Å². The standard InChI is InChI=1S/C30H29N3O2S/c1-19-7-3-4-9-21(19)16-31-22-12-13-24-27(15-22)36-29-28(24)30(34)33(18-32-29)17-25-23-10-6-5-8-20(23)11-14-26(25)35-2/h3-11,14,18,22,31H,12-13,15-17H2,1-2H3. The summed E-state index contributed by atoms with van der Waals surface area (Å²) in [5.74, 6) is 0.788. The summed E-state index contributed by atoms with van der Waals surface area (Å²) < 4.78 is 7.40. The Labute approximate surface area is 214 Å². The van der Waals surface area contributed by atoms with Crippen molar-refractivity contribution < 1.29 is 4.74 Å². The van der Waals surface area contributed by atoms with Crippen molar-refractivity contribution >= 4 is 32.3 Å². The van der Waals surface area contributed by atoms with E-state index in [4.69, 9.17) is 9.72 Å². The van der Waals surface area contributed by atoms with Crippen LogP contribution in [0, 0.1) is 6.92 Å². The van der Waals surface area contributed by atoms with Crippen molar-refractivity contribution in [3.63, 3.8) is 0 Å². The van der Waals surface area contributed by atoms with Gasteiger partial charge in [-0.2, -0.15) is 0 Å². The molecule has 36 heavy (non-hydrogen) atoms. The van der Waals surface area contributed by atoms with Crippen molar-refractivity contribution in [1.29, 1.82) is 0 Å². The van der Waals surface area contributed by atoms with Crippen LogP contribution in [-0.2, 0) is 25.9 Å². The Morgan fingerprint density at radius 3 is 2.81 bits per heavy atom. The van der Waals surface area contributed by atoms with Gasteiger partial charge in [-0.3, -0.25) is 9.36 Å². The first-order valence-electron chi connectivity index (χ1n) is 12.4. The van der Waals surface area contributed by atoms with Crippen molar-refractivity contribution in [3.8, 4) is 5.75 Å². The number of nitrogens with one attached hydrogen (secondary N) is 1. The van der Waals surface area contributed by atoms with Gasteiger partial charge in [0.2, 0.25) is 0 Å². The van der Waals surface area contributed by atoms with E-state index < -0.39 is 0 Å². The van der Waals surface area contributed by atoms with Crippen LogP contribution in [0.25, 0.3) is 21.0 Å². The van der Waals surface area contributed by atoms with Crippen LogP contribution in [0.4, 0.5) is 0 Å². The van der Waals surface area contributed by atoms with Crippen LogP contribution < -0.4 is 15.6 Å². The molecule has 5 aromatic rings. The van der Waals surface area contributed by atoms with Crippen LogP contribution in [0.1, 0.15) is 33.6 Å². The van der Waals surface area contributed by atoms with Gasteiger partial charge in [-0.1, -0.05) is 54.6 Å². The van der Waals surface area contributed by atoms with Gasteiger partial charge >= 0.3 is 0 Å². The maximum absolute atomic E-state index is 13.7. The monoisotopic (exact) mass is 495 g/mol. The molecule has 0 radical (unpaired) electrons. The molecule has 0 saturated carbocycles. The predicted octanol–water partition coefficient (Wildman–Crippen LogP) is 5.62. The van der Waals surface area contributed by atoms with Crippen LogP contribution >= 0.6 is 11.3 Å². The number of thiophene rings is 1. The number of hydrogen-bond acceptors (Lipinski definition) is 5. The van der Waals surface area contributed by atoms with E-state index in [0.717, 1.165) is 58.1 Å². The fraction of sp³-hybridized carbons (Fsp3) is 0.267. The average molecular weight is 496 g/mol. The third-order valence-corrected chi connectivity index (χ3v) is 8.59. The second-order valence-corrected chi connectivity index (χ2v) is 10.7. The van der Waals surface area contributed by atoms with Gasteiger partial charge in [0.15, 0.2) is 0 Å². The molecule has 0 saturated heterocycles. The molecule has 0 bridgehead atoms. The number of rotatable bonds is 6. The maximum Gasteiger partial charge on any atom is 0.262 e. The Balaban J connectivity index is 1.30. The van der Waals surface area contributed by atoms with Crippen molar-refractivity contribution in [3.05, 3.63) is 104 Å². The molecule has 0 spiro atoms. The second kappa shape index (κ2) is 9.52. The van der Waals surface area contributed by atoms with Crippen LogP contribution in [0.15, 0.2) is 71.8 Å². The SMILES string of the molecule is COc1ccc2ccccc2c1Cn1cnc2sc3c(c2c1=O)CCC(NCc1ccccc1C)C3. The minimum atomic E-state index is 0.0406. The number of aryl methyl sites for hydroxylation is 2. The highest BCUT2D eigenvalue weighted by atomic mass is 32.1. The van der Waals surface area contributed by atoms with Crippen LogP contribution in [0.2, 0.25) is 0 Å². The average Bonchev–Trinajstić information content (AvgIpc) is 3.28. The smallest absolute Gasteiger partial charge is 0.262 e. The van der Waals surface area contributed by atoms with Crippen molar-refractivity contribution in [2.75, 3.05) is 7.11 Å². The summed E-state index contributed by atoms with van der Waals surface area (Å²) in [6, 6.07) is 21.2. The first-order chi connectivity index (χ1) is 17.6. The molecule has 0 fully saturated rings. The Kier molecular flexibility index (Phi) is 6.07. The number of aromatic nitrogens is 2. The lowest BCUT2D eigenvalue weighted by Gasteiger charge is -2.24. The summed E-state index contributed by atoms with van der Waals surface area (Å²) in [5, 5.41) is 6.77. The molecular weight excluding hydrogens is 466 g/mol. The number of fused-ring (bicyclic) bond motifs is 4. The molecule has 2 aromatic heterocycles. The molecule has 3 aromatic carbocycles. The van der Waals surface area contributed by atoms with Crippen LogP contribution in [0.3, 0.4) is 0 Å². The number of nitrogens with zero attached hydrogens (tertiary/aromatic N) is 2. The normalized spacial score (nSPS) is 15.3. The summed E-state index contributed by atoms with van der Waals surface area (Å²) in [7, 11) is 1.68. The summed E-state index contributed by atoms with van der Waals surface area (Å²) in [5.41, 5.74) is 4.90. The third kappa shape index (κ3) is 4.10. The molecule has 1 N–H and O–H groups in total. The van der Waals surface area contributed by atoms with Gasteiger partial charge in [-0.05, 0) is 59.7 Å². The van der Waals surface area contributed by atoms with E-state index in [1.165, 1.54) is 21.6 Å². The molecule has 1 unspecified atom stereocenters. The minimum Gasteiger partial charge on any atom is -0.496 e. The third-order valence-electron chi connectivity index (χ3n) is 7.42. The predicted molar refractivity (Wildman–Crippen MR) is 147 cm³/mol. The van der Waals surface area contributed by atoms with Gasteiger partial charge in [-0.15, -0.1) is 11.3 Å². The second-order valence-electron chi connectivity index (χ2n) is 9.58. The quantitative estimate of drug-likeness (QED) is 0.332. The van der Waals surface area contributed by atoms with Crippen LogP contribution in [-0.4, -0.2) is 22.7 Å². The Morgan fingerprint density at radius 2 is 1.94 bits per heavy atom. The minimum absolute atomic E-state index is 0.0406. The van der Waals surface area contributed by atoms with Gasteiger partial charge in [0.25, 0.3) is 5.56 Å². The highest BCUT2D eigenvalue weighted by Crippen LogP contribution is 2.34. The zero-order chi connectivity index (χ0) is 24.6. The largest absolute Gasteiger partial charge is 0.496 e. The van der Waals surface area contributed by atoms with E-state index in [0.29, 0.717) is 12.6 Å². The van der Waals surface area contributed by atoms with E-state index in [9.17, 15) is 4.79 Å². The first kappa shape index (κ1) is 23.0. The van der Waals surface area contributed by atoms with Gasteiger partial charge < -0.3 is 10.1 Å². The molecule has 2 heterocycles. The first-order valence-corrected chi connectivity index (χ1v) is 13.3. The van der Waals surface area contributed by atoms with Crippen molar-refractivity contribution in [2.45, 2.75) is 45.3 Å². The number of ether oxygens (including phenoxy) is 1. The van der Waals surface area contributed by atoms with E-state index in [-0.39, 0.29) is 5.56 Å². The fourth-order valence-corrected chi connectivity index (χ4v) is 6.65. The molecule has 1 aliphatic carbocycles. The Hall–Kier alpha value is -3.48.